The van der Waals surface area contributed by atoms with Crippen molar-refractivity contribution in [3.63, 3.8) is 0 Å². The van der Waals surface area contributed by atoms with Crippen LogP contribution in [0.2, 0.25) is 0 Å². The van der Waals surface area contributed by atoms with Gasteiger partial charge in [-0.05, 0) is 24.1 Å². The molecule has 0 saturated carbocycles. The summed E-state index contributed by atoms with van der Waals surface area (Å²) < 4.78 is 1.73. The van der Waals surface area contributed by atoms with Crippen LogP contribution in [0.1, 0.15) is 22.9 Å². The number of pyridine rings is 1. The predicted molar refractivity (Wildman–Crippen MR) is 60.8 cm³/mol. The first-order chi connectivity index (χ1) is 7.65. The van der Waals surface area contributed by atoms with E-state index >= 15 is 0 Å². The predicted octanol–water partition coefficient (Wildman–Crippen LogP) is 1.40. The minimum Gasteiger partial charge on any atom is -0.388 e. The Kier molecular flexibility index (Phi) is 3.01. The zero-order valence-corrected chi connectivity index (χ0v) is 9.46. The fourth-order valence-electron chi connectivity index (χ4n) is 1.59. The number of aliphatic hydroxyl groups is 1. The normalized spacial score (nSPS) is 12.7. The van der Waals surface area contributed by atoms with E-state index in [0.717, 1.165) is 16.8 Å². The van der Waals surface area contributed by atoms with Crippen LogP contribution >= 0.6 is 0 Å². The summed E-state index contributed by atoms with van der Waals surface area (Å²) in [5.41, 5.74) is 2.82. The third-order valence-corrected chi connectivity index (χ3v) is 2.51. The molecule has 84 valence electrons. The zero-order valence-electron chi connectivity index (χ0n) is 9.46. The lowest BCUT2D eigenvalue weighted by Gasteiger charge is -2.09. The highest BCUT2D eigenvalue weighted by Gasteiger charge is 2.09. The number of rotatable bonds is 3. The summed E-state index contributed by atoms with van der Waals surface area (Å²) in [4.78, 5) is 4.17. The maximum atomic E-state index is 10.00. The van der Waals surface area contributed by atoms with Gasteiger partial charge in [-0.3, -0.25) is 9.67 Å². The lowest BCUT2D eigenvalue weighted by Crippen LogP contribution is -2.02. The van der Waals surface area contributed by atoms with Crippen LogP contribution in [0.5, 0.6) is 0 Å². The summed E-state index contributed by atoms with van der Waals surface area (Å²) in [6.07, 6.45) is 5.45. The number of hydrogen-bond acceptors (Lipinski definition) is 3. The van der Waals surface area contributed by atoms with Gasteiger partial charge in [0.15, 0.2) is 0 Å². The van der Waals surface area contributed by atoms with Gasteiger partial charge < -0.3 is 5.11 Å². The van der Waals surface area contributed by atoms with Gasteiger partial charge in [-0.1, -0.05) is 6.07 Å². The molecule has 4 heteroatoms. The molecule has 1 N–H and O–H groups in total. The average Bonchev–Trinajstić information content (AvgIpc) is 2.65. The largest absolute Gasteiger partial charge is 0.388 e. The van der Waals surface area contributed by atoms with Crippen LogP contribution in [0.25, 0.3) is 0 Å². The van der Waals surface area contributed by atoms with Gasteiger partial charge >= 0.3 is 0 Å². The Hall–Kier alpha value is -1.68. The molecule has 0 amide bonds. The van der Waals surface area contributed by atoms with Gasteiger partial charge in [-0.25, -0.2) is 0 Å². The third kappa shape index (κ3) is 2.46. The molecule has 1 unspecified atom stereocenters. The smallest absolute Gasteiger partial charge is 0.0846 e. The molecule has 16 heavy (non-hydrogen) atoms. The highest BCUT2D eigenvalue weighted by atomic mass is 16.3. The van der Waals surface area contributed by atoms with E-state index in [1.165, 1.54) is 0 Å². The monoisotopic (exact) mass is 217 g/mol. The van der Waals surface area contributed by atoms with Crippen molar-refractivity contribution in [3.05, 3.63) is 47.5 Å². The number of aryl methyl sites for hydroxylation is 2. The second-order valence-electron chi connectivity index (χ2n) is 3.98. The van der Waals surface area contributed by atoms with Crippen LogP contribution in [0.15, 0.2) is 30.7 Å². The standard InChI is InChI=1S/C12H15N3O/c1-9-3-4-11(7-13-9)12(16)5-10-6-14-15(2)8-10/h3-4,6-8,12,16H,5H2,1-2H3. The SMILES string of the molecule is Cc1ccc(C(O)Cc2cnn(C)c2)cn1. The molecule has 1 atom stereocenters. The quantitative estimate of drug-likeness (QED) is 0.845. The van der Waals surface area contributed by atoms with E-state index in [0.29, 0.717) is 6.42 Å². The fourth-order valence-corrected chi connectivity index (χ4v) is 1.59. The van der Waals surface area contributed by atoms with Crippen molar-refractivity contribution in [2.75, 3.05) is 0 Å². The van der Waals surface area contributed by atoms with Gasteiger partial charge in [0.2, 0.25) is 0 Å². The Labute approximate surface area is 94.6 Å². The molecule has 0 aliphatic carbocycles. The minimum atomic E-state index is -0.516. The molecule has 0 aromatic carbocycles. The lowest BCUT2D eigenvalue weighted by molar-refractivity contribution is 0.178. The molecule has 0 radical (unpaired) electrons. The maximum Gasteiger partial charge on any atom is 0.0846 e. The highest BCUT2D eigenvalue weighted by Crippen LogP contribution is 2.17. The van der Waals surface area contributed by atoms with E-state index in [-0.39, 0.29) is 0 Å². The molecular weight excluding hydrogens is 202 g/mol. The van der Waals surface area contributed by atoms with Crippen LogP contribution in [0.4, 0.5) is 0 Å². The zero-order chi connectivity index (χ0) is 11.5. The molecule has 0 bridgehead atoms. The van der Waals surface area contributed by atoms with Gasteiger partial charge in [0.25, 0.3) is 0 Å². The van der Waals surface area contributed by atoms with Crippen molar-refractivity contribution in [1.29, 1.82) is 0 Å². The third-order valence-electron chi connectivity index (χ3n) is 2.51. The second-order valence-corrected chi connectivity index (χ2v) is 3.98. The number of nitrogens with zero attached hydrogens (tertiary/aromatic N) is 3. The summed E-state index contributed by atoms with van der Waals surface area (Å²) in [5, 5.41) is 14.1. The van der Waals surface area contributed by atoms with Crippen LogP contribution in [0.3, 0.4) is 0 Å². The Balaban J connectivity index is 2.08. The summed E-state index contributed by atoms with van der Waals surface area (Å²) >= 11 is 0. The van der Waals surface area contributed by atoms with Gasteiger partial charge in [0, 0.05) is 31.6 Å². The molecular formula is C12H15N3O. The Bertz CT molecular complexity index is 461. The van der Waals surface area contributed by atoms with Crippen molar-refractivity contribution in [2.45, 2.75) is 19.4 Å². The molecule has 2 heterocycles. The van der Waals surface area contributed by atoms with E-state index in [4.69, 9.17) is 0 Å². The lowest BCUT2D eigenvalue weighted by atomic mass is 10.1. The van der Waals surface area contributed by atoms with Crippen molar-refractivity contribution in [1.82, 2.24) is 14.8 Å². The van der Waals surface area contributed by atoms with Crippen LogP contribution in [0, 0.1) is 6.92 Å². The van der Waals surface area contributed by atoms with Crippen LogP contribution in [-0.4, -0.2) is 19.9 Å². The number of aromatic nitrogens is 3. The van der Waals surface area contributed by atoms with Crippen LogP contribution < -0.4 is 0 Å². The first kappa shape index (κ1) is 10.8. The van der Waals surface area contributed by atoms with E-state index < -0.39 is 6.10 Å². The second kappa shape index (κ2) is 4.45. The summed E-state index contributed by atoms with van der Waals surface area (Å²) in [6, 6.07) is 3.81. The van der Waals surface area contributed by atoms with Crippen LogP contribution in [-0.2, 0) is 13.5 Å². The van der Waals surface area contributed by atoms with Gasteiger partial charge in [-0.15, -0.1) is 0 Å². The summed E-state index contributed by atoms with van der Waals surface area (Å²) in [6.45, 7) is 1.93. The van der Waals surface area contributed by atoms with E-state index in [2.05, 4.69) is 10.1 Å². The molecule has 2 aromatic heterocycles. The Morgan fingerprint density at radius 1 is 1.38 bits per heavy atom. The Morgan fingerprint density at radius 3 is 2.75 bits per heavy atom. The van der Waals surface area contributed by atoms with Crippen molar-refractivity contribution in [3.8, 4) is 0 Å². The molecule has 0 fully saturated rings. The fraction of sp³-hybridized carbons (Fsp3) is 0.333. The first-order valence-corrected chi connectivity index (χ1v) is 5.23. The van der Waals surface area contributed by atoms with Crippen molar-refractivity contribution < 1.29 is 5.11 Å². The molecule has 0 aliphatic heterocycles. The summed E-state index contributed by atoms with van der Waals surface area (Å²) in [7, 11) is 1.86. The first-order valence-electron chi connectivity index (χ1n) is 5.23. The molecule has 4 nitrogen and oxygen atoms in total. The number of aliphatic hydroxyl groups excluding tert-OH is 1. The Morgan fingerprint density at radius 2 is 2.19 bits per heavy atom. The van der Waals surface area contributed by atoms with Crippen molar-refractivity contribution in [2.24, 2.45) is 7.05 Å². The molecule has 2 aromatic rings. The minimum absolute atomic E-state index is 0.516. The van der Waals surface area contributed by atoms with E-state index in [9.17, 15) is 5.11 Å². The summed E-state index contributed by atoms with van der Waals surface area (Å²) in [5.74, 6) is 0. The highest BCUT2D eigenvalue weighted by molar-refractivity contribution is 5.18. The van der Waals surface area contributed by atoms with E-state index in [1.807, 2.05) is 32.3 Å². The average molecular weight is 217 g/mol. The topological polar surface area (TPSA) is 50.9 Å². The van der Waals surface area contributed by atoms with E-state index in [1.54, 1.807) is 17.1 Å². The van der Waals surface area contributed by atoms with Gasteiger partial charge in [-0.2, -0.15) is 5.10 Å². The number of hydrogen-bond donors (Lipinski definition) is 1. The van der Waals surface area contributed by atoms with Gasteiger partial charge in [0.05, 0.1) is 12.3 Å². The van der Waals surface area contributed by atoms with Gasteiger partial charge in [0.1, 0.15) is 0 Å². The molecule has 0 spiro atoms. The maximum absolute atomic E-state index is 10.00. The molecule has 2 rings (SSSR count). The molecule has 0 aliphatic rings. The van der Waals surface area contributed by atoms with Crippen molar-refractivity contribution >= 4 is 0 Å². The molecule has 0 saturated heterocycles.